The highest BCUT2D eigenvalue weighted by molar-refractivity contribution is 7.34. The fourth-order valence-corrected chi connectivity index (χ4v) is 2.86. The maximum atomic E-state index is 6.02. The molecule has 0 amide bonds. The van der Waals surface area contributed by atoms with Gasteiger partial charge in [0.05, 0.1) is 5.42 Å². The van der Waals surface area contributed by atoms with Crippen molar-refractivity contribution in [2.24, 2.45) is 0 Å². The zero-order chi connectivity index (χ0) is 10.4. The smallest absolute Gasteiger partial charge is 0.0513 e. The van der Waals surface area contributed by atoms with E-state index in [1.54, 1.807) is 5.56 Å². The van der Waals surface area contributed by atoms with Crippen LogP contribution in [-0.4, -0.2) is 0 Å². The summed E-state index contributed by atoms with van der Waals surface area (Å²) in [7, 11) is 0.761. The number of nitrogen functional groups attached to an aromatic ring is 1. The molecule has 0 aliphatic heterocycles. The predicted molar refractivity (Wildman–Crippen MR) is 67.6 cm³/mol. The second kappa shape index (κ2) is 6.14. The average Bonchev–Trinajstić information content (AvgIpc) is 2.53. The first-order valence-electron chi connectivity index (χ1n) is 5.74. The van der Waals surface area contributed by atoms with Crippen LogP contribution in [0.25, 0.3) is 0 Å². The van der Waals surface area contributed by atoms with E-state index in [-0.39, 0.29) is 0 Å². The van der Waals surface area contributed by atoms with Gasteiger partial charge in [-0.3, -0.25) is 0 Å². The van der Waals surface area contributed by atoms with Gasteiger partial charge >= 0.3 is 0 Å². The van der Waals surface area contributed by atoms with Crippen LogP contribution in [0.5, 0.6) is 0 Å². The zero-order valence-electron chi connectivity index (χ0n) is 9.40. The first-order chi connectivity index (χ1) is 6.79. The van der Waals surface area contributed by atoms with E-state index in [1.165, 1.54) is 44.1 Å². The molecule has 1 aromatic rings. The molecule has 1 unspecified atom stereocenters. The summed E-state index contributed by atoms with van der Waals surface area (Å²) in [5, 5.41) is 0. The summed E-state index contributed by atoms with van der Waals surface area (Å²) in [5.74, 6) is 2.36. The van der Waals surface area contributed by atoms with E-state index in [0.29, 0.717) is 0 Å². The molecule has 0 bridgehead atoms. The Labute approximate surface area is 89.2 Å². The molecular weight excluding hydrogens is 189 g/mol. The van der Waals surface area contributed by atoms with Crippen LogP contribution in [0.2, 0.25) is 0 Å². The lowest BCUT2D eigenvalue weighted by Crippen LogP contribution is -1.94. The molecule has 0 aromatic carbocycles. The molecule has 2 N–H and O–H groups in total. The molecule has 80 valence electrons. The molecule has 0 aliphatic carbocycles. The molecule has 0 fully saturated rings. The Bertz CT molecular complexity index is 265. The van der Waals surface area contributed by atoms with Gasteiger partial charge in [-0.25, -0.2) is 0 Å². The van der Waals surface area contributed by atoms with Gasteiger partial charge in [-0.1, -0.05) is 26.7 Å². The van der Waals surface area contributed by atoms with Crippen LogP contribution in [0.1, 0.15) is 50.7 Å². The van der Waals surface area contributed by atoms with Gasteiger partial charge in [-0.15, -0.1) is 8.19 Å². The molecule has 0 aliphatic rings. The van der Waals surface area contributed by atoms with Crippen LogP contribution in [0.15, 0.2) is 5.80 Å². The van der Waals surface area contributed by atoms with E-state index in [2.05, 4.69) is 19.6 Å². The Balaban J connectivity index is 2.62. The molecule has 1 rings (SSSR count). The van der Waals surface area contributed by atoms with Crippen molar-refractivity contribution >= 4 is 13.6 Å². The third kappa shape index (κ3) is 3.06. The van der Waals surface area contributed by atoms with Crippen molar-refractivity contribution in [3.63, 3.8) is 0 Å². The highest BCUT2D eigenvalue weighted by Gasteiger charge is 2.06. The van der Waals surface area contributed by atoms with E-state index < -0.39 is 0 Å². The fraction of sp³-hybridized carbons (Fsp3) is 0.667. The molecule has 0 saturated carbocycles. The molecule has 0 radical (unpaired) electrons. The van der Waals surface area contributed by atoms with E-state index in [9.17, 15) is 0 Å². The largest absolute Gasteiger partial charge is 0.396 e. The summed E-state index contributed by atoms with van der Waals surface area (Å²) < 4.78 is 0. The molecule has 1 nitrogen and oxygen atoms in total. The van der Waals surface area contributed by atoms with Crippen molar-refractivity contribution in [2.45, 2.75) is 52.4 Å². The van der Waals surface area contributed by atoms with Crippen molar-refractivity contribution in [2.75, 3.05) is 5.73 Å². The Hall–Kier alpha value is -0.420. The van der Waals surface area contributed by atoms with Gasteiger partial charge in [0.1, 0.15) is 0 Å². The van der Waals surface area contributed by atoms with Crippen molar-refractivity contribution in [3.05, 3.63) is 16.9 Å². The highest BCUT2D eigenvalue weighted by Crippen LogP contribution is 2.31. The monoisotopic (exact) mass is 211 g/mol. The van der Waals surface area contributed by atoms with Gasteiger partial charge in [0.25, 0.3) is 0 Å². The SMILES string of the molecule is CCCCc1c[pH]c(N)c1CCCC. The highest BCUT2D eigenvalue weighted by atomic mass is 31.0. The van der Waals surface area contributed by atoms with Crippen molar-refractivity contribution in [1.29, 1.82) is 0 Å². The minimum absolute atomic E-state index is 0.761. The van der Waals surface area contributed by atoms with Crippen LogP contribution in [0.3, 0.4) is 0 Å². The number of anilines is 1. The van der Waals surface area contributed by atoms with E-state index >= 15 is 0 Å². The van der Waals surface area contributed by atoms with E-state index in [0.717, 1.165) is 13.6 Å². The van der Waals surface area contributed by atoms with Gasteiger partial charge in [0, 0.05) is 0 Å². The number of aryl methyl sites for hydroxylation is 1. The van der Waals surface area contributed by atoms with Crippen LogP contribution in [0, 0.1) is 0 Å². The molecule has 2 heteroatoms. The standard InChI is InChI=1S/C12H22NP/c1-3-5-7-10-9-14-12(13)11(10)8-6-4-2/h9,14H,3-8,13H2,1-2H3. The Morgan fingerprint density at radius 2 is 1.79 bits per heavy atom. The van der Waals surface area contributed by atoms with E-state index in [4.69, 9.17) is 5.73 Å². The number of unbranched alkanes of at least 4 members (excludes halogenated alkanes) is 2. The van der Waals surface area contributed by atoms with Crippen LogP contribution >= 0.6 is 8.19 Å². The van der Waals surface area contributed by atoms with Crippen LogP contribution in [-0.2, 0) is 12.8 Å². The van der Waals surface area contributed by atoms with Crippen LogP contribution in [0.4, 0.5) is 5.42 Å². The Kier molecular flexibility index (Phi) is 5.11. The van der Waals surface area contributed by atoms with Gasteiger partial charge in [0.2, 0.25) is 0 Å². The minimum atomic E-state index is 0.761. The van der Waals surface area contributed by atoms with Gasteiger partial charge in [-0.05, 0) is 42.6 Å². The predicted octanol–water partition coefficient (Wildman–Crippen LogP) is 3.99. The van der Waals surface area contributed by atoms with Crippen molar-refractivity contribution in [1.82, 2.24) is 0 Å². The maximum absolute atomic E-state index is 6.02. The first-order valence-corrected chi connectivity index (χ1v) is 6.81. The lowest BCUT2D eigenvalue weighted by Gasteiger charge is -2.04. The van der Waals surface area contributed by atoms with Gasteiger partial charge in [-0.2, -0.15) is 0 Å². The number of hydrogen-bond donors (Lipinski definition) is 1. The van der Waals surface area contributed by atoms with Gasteiger partial charge < -0.3 is 5.73 Å². The van der Waals surface area contributed by atoms with E-state index in [1.807, 2.05) is 0 Å². The first kappa shape index (κ1) is 11.7. The summed E-state index contributed by atoms with van der Waals surface area (Å²) in [4.78, 5) is 0. The fourth-order valence-electron chi connectivity index (χ4n) is 1.75. The molecule has 1 heterocycles. The normalized spacial score (nSPS) is 11.3. The molecule has 0 spiro atoms. The molecule has 0 saturated heterocycles. The van der Waals surface area contributed by atoms with Gasteiger partial charge in [0.15, 0.2) is 0 Å². The third-order valence-electron chi connectivity index (χ3n) is 2.69. The zero-order valence-corrected chi connectivity index (χ0v) is 10.4. The molecule has 14 heavy (non-hydrogen) atoms. The summed E-state index contributed by atoms with van der Waals surface area (Å²) in [6.45, 7) is 4.49. The van der Waals surface area contributed by atoms with Crippen LogP contribution < -0.4 is 5.73 Å². The number of hydrogen-bond acceptors (Lipinski definition) is 1. The Morgan fingerprint density at radius 1 is 1.14 bits per heavy atom. The summed E-state index contributed by atoms with van der Waals surface area (Å²) in [5.41, 5.74) is 10.2. The summed E-state index contributed by atoms with van der Waals surface area (Å²) in [6, 6.07) is 0. The lowest BCUT2D eigenvalue weighted by atomic mass is 10.0. The van der Waals surface area contributed by atoms with Crippen molar-refractivity contribution in [3.8, 4) is 0 Å². The number of rotatable bonds is 6. The number of nitrogens with two attached hydrogens (primary N) is 1. The lowest BCUT2D eigenvalue weighted by molar-refractivity contribution is 0.763. The topological polar surface area (TPSA) is 26.0 Å². The second-order valence-corrected chi connectivity index (χ2v) is 5.03. The second-order valence-electron chi connectivity index (χ2n) is 3.91. The molecular formula is C12H22NP. The minimum Gasteiger partial charge on any atom is -0.396 e. The molecule has 1 aromatic heterocycles. The average molecular weight is 211 g/mol. The Morgan fingerprint density at radius 3 is 2.43 bits per heavy atom. The summed E-state index contributed by atoms with van der Waals surface area (Å²) >= 11 is 0. The summed E-state index contributed by atoms with van der Waals surface area (Å²) in [6.07, 6.45) is 7.57. The molecule has 1 atom stereocenters. The van der Waals surface area contributed by atoms with Crippen molar-refractivity contribution < 1.29 is 0 Å². The third-order valence-corrected chi connectivity index (χ3v) is 3.80. The quantitative estimate of drug-likeness (QED) is 0.756. The maximum Gasteiger partial charge on any atom is 0.0513 e.